The maximum Gasteiger partial charge on any atom is 0.194 e. The third kappa shape index (κ3) is 22.4. The van der Waals surface area contributed by atoms with E-state index in [9.17, 15) is 41.1 Å². The first-order chi connectivity index (χ1) is 17.9. The SMILES string of the molecule is CC(C)C(=O)C(C)F.CC(C)C1(C(C)F)CO1.CC(F)C(=O)C(C)Br.CC(O)C(=O)C(C)F.CCC(=O)C(C)F. The molecule has 1 fully saturated rings. The van der Waals surface area contributed by atoms with E-state index in [1.165, 1.54) is 27.7 Å². The second kappa shape index (κ2) is 23.3. The van der Waals surface area contributed by atoms with Crippen LogP contribution in [0.1, 0.15) is 89.5 Å². The van der Waals surface area contributed by atoms with E-state index in [1.54, 1.807) is 34.6 Å². The Balaban J connectivity index is -0.000000203. The molecule has 0 amide bonds. The Bertz CT molecular complexity index is 623. The Kier molecular flexibility index (Phi) is 26.6. The highest BCUT2D eigenvalue weighted by Crippen LogP contribution is 2.39. The summed E-state index contributed by atoms with van der Waals surface area (Å²) in [5.41, 5.74) is -0.417. The van der Waals surface area contributed by atoms with Crippen molar-refractivity contribution in [3.05, 3.63) is 0 Å². The average molecular weight is 658 g/mol. The number of carbonyl (C=O) groups is 4. The molecule has 1 rings (SSSR count). The summed E-state index contributed by atoms with van der Waals surface area (Å²) in [5, 5.41) is 8.40. The van der Waals surface area contributed by atoms with Crippen molar-refractivity contribution < 1.29 is 51.0 Å². The molecule has 1 saturated heterocycles. The fourth-order valence-electron chi connectivity index (χ4n) is 2.50. The van der Waals surface area contributed by atoms with Crippen LogP contribution in [0.5, 0.6) is 0 Å². The minimum atomic E-state index is -1.55. The molecule has 1 heterocycles. The molecule has 1 aliphatic rings. The van der Waals surface area contributed by atoms with E-state index in [1.807, 2.05) is 13.8 Å². The van der Waals surface area contributed by atoms with E-state index in [-0.39, 0.29) is 22.3 Å². The summed E-state index contributed by atoms with van der Waals surface area (Å²) in [5.74, 6) is -1.66. The Hall–Kier alpha value is -1.27. The molecule has 40 heavy (non-hydrogen) atoms. The van der Waals surface area contributed by atoms with Crippen molar-refractivity contribution in [2.24, 2.45) is 11.8 Å². The molecule has 12 heteroatoms. The van der Waals surface area contributed by atoms with Crippen molar-refractivity contribution in [1.29, 1.82) is 0 Å². The molecule has 0 aromatic carbocycles. The maximum atomic E-state index is 12.7. The molecular weight excluding hydrogens is 607 g/mol. The predicted octanol–water partition coefficient (Wildman–Crippen LogP) is 6.65. The lowest BCUT2D eigenvalue weighted by Gasteiger charge is -2.16. The highest BCUT2D eigenvalue weighted by Gasteiger charge is 2.52. The molecule has 1 N–H and O–H groups in total. The lowest BCUT2D eigenvalue weighted by molar-refractivity contribution is -0.130. The number of aliphatic hydroxyl groups excluding tert-OH is 1. The van der Waals surface area contributed by atoms with Crippen molar-refractivity contribution in [3.8, 4) is 0 Å². The van der Waals surface area contributed by atoms with Gasteiger partial charge >= 0.3 is 0 Å². The Morgan fingerprint density at radius 1 is 0.725 bits per heavy atom. The number of ether oxygens (including phenoxy) is 1. The molecule has 0 aromatic rings. The summed E-state index contributed by atoms with van der Waals surface area (Å²) in [6.45, 7) is 18.9. The Morgan fingerprint density at radius 2 is 1.07 bits per heavy atom. The molecular formula is C28H50BrF5O6. The van der Waals surface area contributed by atoms with Crippen LogP contribution in [0.3, 0.4) is 0 Å². The Morgan fingerprint density at radius 3 is 1.07 bits per heavy atom. The van der Waals surface area contributed by atoms with Crippen molar-refractivity contribution in [3.63, 3.8) is 0 Å². The van der Waals surface area contributed by atoms with Gasteiger partial charge in [0.2, 0.25) is 0 Å². The molecule has 0 radical (unpaired) electrons. The van der Waals surface area contributed by atoms with E-state index in [0.29, 0.717) is 18.9 Å². The van der Waals surface area contributed by atoms with Gasteiger partial charge in [-0.15, -0.1) is 0 Å². The molecule has 8 atom stereocenters. The van der Waals surface area contributed by atoms with E-state index >= 15 is 0 Å². The van der Waals surface area contributed by atoms with Gasteiger partial charge in [0.15, 0.2) is 47.8 Å². The molecule has 1 aliphatic heterocycles. The summed E-state index contributed by atoms with van der Waals surface area (Å²) in [7, 11) is 0. The highest BCUT2D eigenvalue weighted by molar-refractivity contribution is 9.10. The zero-order valence-electron chi connectivity index (χ0n) is 25.9. The smallest absolute Gasteiger partial charge is 0.194 e. The monoisotopic (exact) mass is 656 g/mol. The second-order valence-corrected chi connectivity index (χ2v) is 11.3. The van der Waals surface area contributed by atoms with Gasteiger partial charge in [-0.05, 0) is 54.4 Å². The van der Waals surface area contributed by atoms with Gasteiger partial charge < -0.3 is 9.84 Å². The van der Waals surface area contributed by atoms with Crippen molar-refractivity contribution in [1.82, 2.24) is 0 Å². The topological polar surface area (TPSA) is 101 Å². The van der Waals surface area contributed by atoms with Crippen molar-refractivity contribution in [2.75, 3.05) is 6.61 Å². The van der Waals surface area contributed by atoms with Crippen LogP contribution in [-0.4, -0.2) is 82.2 Å². The molecule has 0 saturated carbocycles. The van der Waals surface area contributed by atoms with E-state index in [0.717, 1.165) is 6.92 Å². The van der Waals surface area contributed by atoms with Crippen LogP contribution in [0.15, 0.2) is 0 Å². The van der Waals surface area contributed by atoms with Crippen molar-refractivity contribution in [2.45, 2.75) is 137 Å². The number of rotatable bonds is 10. The van der Waals surface area contributed by atoms with Gasteiger partial charge in [-0.25, -0.2) is 22.0 Å². The third-order valence-corrected chi connectivity index (χ3v) is 5.92. The first kappa shape index (κ1) is 45.7. The average Bonchev–Trinajstić information content (AvgIpc) is 3.65. The normalized spacial score (nSPS) is 20.5. The van der Waals surface area contributed by atoms with Crippen LogP contribution < -0.4 is 0 Å². The summed E-state index contributed by atoms with van der Waals surface area (Å²) in [6, 6.07) is 0. The summed E-state index contributed by atoms with van der Waals surface area (Å²) >= 11 is 2.95. The quantitative estimate of drug-likeness (QED) is 0.160. The van der Waals surface area contributed by atoms with Gasteiger partial charge in [0.25, 0.3) is 0 Å². The number of ketones is 4. The van der Waals surface area contributed by atoms with Crippen LogP contribution in [0.25, 0.3) is 0 Å². The minimum absolute atomic E-state index is 0.171. The number of alkyl halides is 6. The largest absolute Gasteiger partial charge is 0.386 e. The summed E-state index contributed by atoms with van der Waals surface area (Å²) in [4.78, 5) is 40.9. The number of Topliss-reactive ketones (excluding diaryl/α,β-unsaturated/α-hetero) is 4. The first-order valence-electron chi connectivity index (χ1n) is 13.2. The van der Waals surface area contributed by atoms with Gasteiger partial charge in [0, 0.05) is 12.3 Å². The highest BCUT2D eigenvalue weighted by atomic mass is 79.9. The second-order valence-electron chi connectivity index (χ2n) is 9.95. The van der Waals surface area contributed by atoms with Gasteiger partial charge in [-0.2, -0.15) is 0 Å². The lowest BCUT2D eigenvalue weighted by Crippen LogP contribution is -2.29. The number of aliphatic hydroxyl groups is 1. The number of halogens is 6. The van der Waals surface area contributed by atoms with Gasteiger partial charge in [0.05, 0.1) is 11.4 Å². The molecule has 240 valence electrons. The van der Waals surface area contributed by atoms with Crippen LogP contribution in [-0.2, 0) is 23.9 Å². The number of carbonyl (C=O) groups excluding carboxylic acids is 4. The third-order valence-electron chi connectivity index (χ3n) is 5.47. The zero-order valence-corrected chi connectivity index (χ0v) is 27.5. The summed E-state index contributed by atoms with van der Waals surface area (Å²) < 4.78 is 65.3. The maximum absolute atomic E-state index is 12.7. The van der Waals surface area contributed by atoms with Crippen LogP contribution in [0.2, 0.25) is 0 Å². The molecule has 0 aliphatic carbocycles. The van der Waals surface area contributed by atoms with Crippen LogP contribution in [0.4, 0.5) is 22.0 Å². The molecule has 0 aromatic heterocycles. The first-order valence-corrected chi connectivity index (χ1v) is 14.2. The van der Waals surface area contributed by atoms with Gasteiger partial charge in [0.1, 0.15) is 17.9 Å². The number of hydrogen-bond acceptors (Lipinski definition) is 6. The van der Waals surface area contributed by atoms with E-state index in [4.69, 9.17) is 9.84 Å². The molecule has 0 spiro atoms. The van der Waals surface area contributed by atoms with Crippen LogP contribution >= 0.6 is 15.9 Å². The number of epoxide rings is 1. The number of hydrogen-bond donors (Lipinski definition) is 1. The molecule has 0 bridgehead atoms. The van der Waals surface area contributed by atoms with Gasteiger partial charge in [-0.3, -0.25) is 19.2 Å². The zero-order chi connectivity index (χ0) is 33.1. The fraction of sp³-hybridized carbons (Fsp3) is 0.857. The van der Waals surface area contributed by atoms with E-state index < -0.39 is 54.1 Å². The summed E-state index contributed by atoms with van der Waals surface area (Å²) in [6.07, 6.45) is -7.15. The lowest BCUT2D eigenvalue weighted by atomic mass is 9.93. The van der Waals surface area contributed by atoms with E-state index in [2.05, 4.69) is 15.9 Å². The minimum Gasteiger partial charge on any atom is -0.386 e. The standard InChI is InChI=1S/C7H13FO.C6H11FO.C5H8BrFO.C5H9FO2.C5H9FO/c1-5(2)7(4-9-7)6(3)8;1-4(2)6(8)5(3)7;2*1-3(6)5(8)4(2)7;1-3-5(7)4(2)6/h5-6H,4H2,1-3H3;4-5H,1-3H3;3-4H,1-2H3;3-4,7H,1-2H3;4H,3H2,1-2H3. The molecule has 6 nitrogen and oxygen atoms in total. The van der Waals surface area contributed by atoms with Crippen molar-refractivity contribution >= 4 is 39.1 Å². The molecule has 8 unspecified atom stereocenters. The van der Waals surface area contributed by atoms with Crippen LogP contribution in [0, 0.1) is 11.8 Å². The Labute approximate surface area is 245 Å². The predicted molar refractivity (Wildman–Crippen MR) is 152 cm³/mol. The van der Waals surface area contributed by atoms with Gasteiger partial charge in [-0.1, -0.05) is 50.5 Å². The fourth-order valence-corrected chi connectivity index (χ4v) is 2.86.